The minimum atomic E-state index is -1.93. The van der Waals surface area contributed by atoms with Crippen LogP contribution in [0.1, 0.15) is 35.6 Å². The van der Waals surface area contributed by atoms with Gasteiger partial charge < -0.3 is 20.1 Å². The number of fused-ring (bicyclic) bond motifs is 5. The van der Waals surface area contributed by atoms with E-state index in [1.165, 1.54) is 10.8 Å². The Bertz CT molecular complexity index is 1510. The van der Waals surface area contributed by atoms with Crippen molar-refractivity contribution in [1.29, 1.82) is 0 Å². The van der Waals surface area contributed by atoms with E-state index in [4.69, 9.17) is 15.5 Å². The lowest BCUT2D eigenvalue weighted by atomic mass is 9.86. The number of hydrazone groups is 1. The van der Waals surface area contributed by atoms with Gasteiger partial charge in [0.05, 0.1) is 35.2 Å². The zero-order chi connectivity index (χ0) is 24.2. The van der Waals surface area contributed by atoms with Crippen molar-refractivity contribution in [1.82, 2.24) is 15.0 Å². The molecule has 2 aliphatic rings. The highest BCUT2D eigenvalue weighted by Gasteiger charge is 2.45. The largest absolute Gasteiger partial charge is 0.458 e. The van der Waals surface area contributed by atoms with Gasteiger partial charge in [-0.15, -0.1) is 0 Å². The molecule has 3 aromatic rings. The Morgan fingerprint density at radius 2 is 2.09 bits per heavy atom. The number of cyclic esters (lactones) is 1. The predicted octanol–water partition coefficient (Wildman–Crippen LogP) is 0.0150. The molecule has 34 heavy (non-hydrogen) atoms. The van der Waals surface area contributed by atoms with Crippen LogP contribution in [0.2, 0.25) is 0 Å². The number of hydrogen-bond donors (Lipinski definition) is 3. The lowest BCUT2D eigenvalue weighted by Crippen LogP contribution is -2.44. The molecule has 0 spiro atoms. The van der Waals surface area contributed by atoms with Crippen molar-refractivity contribution in [3.63, 3.8) is 0 Å². The molecule has 4 N–H and O–H groups in total. The molecular formula is C23H19N5O6. The predicted molar refractivity (Wildman–Crippen MR) is 119 cm³/mol. The van der Waals surface area contributed by atoms with Gasteiger partial charge in [0.25, 0.3) is 5.56 Å². The summed E-state index contributed by atoms with van der Waals surface area (Å²) in [5.41, 5.74) is 7.91. The van der Waals surface area contributed by atoms with Crippen LogP contribution >= 0.6 is 0 Å². The standard InChI is InChI=1S/C23H19N5O6/c1-2-23(33)15-7-17-18-13(9-28(17)21(31)14(15)10-34-22(23)32)12(8-25-27-20(30)19(24)29)11-5-3-4-6-16(11)26-18/h3-8,33H,2,9-10H2,1H3,(H2,24,29)(H,27,30)/b25-8+/t23-/m0/s1. The molecule has 1 aromatic carbocycles. The number of nitrogens with two attached hydrogens (primary N) is 1. The van der Waals surface area contributed by atoms with Gasteiger partial charge in [-0.05, 0) is 18.6 Å². The Balaban J connectivity index is 1.73. The highest BCUT2D eigenvalue weighted by Crippen LogP contribution is 2.39. The first-order valence-electron chi connectivity index (χ1n) is 10.5. The van der Waals surface area contributed by atoms with Crippen LogP contribution in [-0.4, -0.2) is 38.7 Å². The number of ether oxygens (including phenoxy) is 1. The summed E-state index contributed by atoms with van der Waals surface area (Å²) in [7, 11) is 0. The van der Waals surface area contributed by atoms with Crippen molar-refractivity contribution in [2.24, 2.45) is 10.8 Å². The van der Waals surface area contributed by atoms with Gasteiger partial charge >= 0.3 is 17.8 Å². The second-order valence-electron chi connectivity index (χ2n) is 8.04. The monoisotopic (exact) mass is 461 g/mol. The van der Waals surface area contributed by atoms with Crippen molar-refractivity contribution in [3.8, 4) is 11.4 Å². The number of aromatic nitrogens is 2. The van der Waals surface area contributed by atoms with Crippen molar-refractivity contribution in [2.75, 3.05) is 0 Å². The second kappa shape index (κ2) is 7.59. The molecule has 0 bridgehead atoms. The number of aliphatic hydroxyl groups is 1. The number of esters is 1. The molecule has 0 unspecified atom stereocenters. The number of benzene rings is 1. The molecule has 0 aliphatic carbocycles. The summed E-state index contributed by atoms with van der Waals surface area (Å²) in [5, 5.41) is 15.6. The Labute approximate surface area is 191 Å². The fourth-order valence-electron chi connectivity index (χ4n) is 4.42. The van der Waals surface area contributed by atoms with Crippen LogP contribution in [0.4, 0.5) is 0 Å². The number of pyridine rings is 2. The van der Waals surface area contributed by atoms with E-state index < -0.39 is 23.4 Å². The van der Waals surface area contributed by atoms with E-state index in [9.17, 15) is 24.3 Å². The maximum atomic E-state index is 13.4. The van der Waals surface area contributed by atoms with Crippen molar-refractivity contribution in [2.45, 2.75) is 32.1 Å². The third kappa shape index (κ3) is 3.01. The van der Waals surface area contributed by atoms with E-state index in [0.29, 0.717) is 33.4 Å². The van der Waals surface area contributed by atoms with Crippen LogP contribution < -0.4 is 16.7 Å². The molecule has 172 valence electrons. The van der Waals surface area contributed by atoms with Gasteiger partial charge in [0, 0.05) is 22.1 Å². The zero-order valence-electron chi connectivity index (χ0n) is 18.0. The highest BCUT2D eigenvalue weighted by molar-refractivity contribution is 6.34. The van der Waals surface area contributed by atoms with Gasteiger partial charge in [-0.25, -0.2) is 15.2 Å². The number of para-hydroxylation sites is 1. The molecule has 2 aromatic heterocycles. The lowest BCUT2D eigenvalue weighted by molar-refractivity contribution is -0.172. The molecule has 11 heteroatoms. The van der Waals surface area contributed by atoms with Crippen LogP contribution in [0.5, 0.6) is 0 Å². The first-order valence-corrected chi connectivity index (χ1v) is 10.5. The topological polar surface area (TPSA) is 166 Å². The fraction of sp³-hybridized carbons (Fsp3) is 0.217. The summed E-state index contributed by atoms with van der Waals surface area (Å²) in [6.45, 7) is 1.56. The van der Waals surface area contributed by atoms with Gasteiger partial charge in [-0.1, -0.05) is 25.1 Å². The summed E-state index contributed by atoms with van der Waals surface area (Å²) in [6, 6.07) is 8.84. The maximum absolute atomic E-state index is 13.4. The molecule has 0 fully saturated rings. The summed E-state index contributed by atoms with van der Waals surface area (Å²) >= 11 is 0. The maximum Gasteiger partial charge on any atom is 0.343 e. The van der Waals surface area contributed by atoms with E-state index in [-0.39, 0.29) is 36.3 Å². The third-order valence-corrected chi connectivity index (χ3v) is 6.22. The van der Waals surface area contributed by atoms with Crippen LogP contribution in [-0.2, 0) is 37.9 Å². The summed E-state index contributed by atoms with van der Waals surface area (Å²) < 4.78 is 6.60. The minimum Gasteiger partial charge on any atom is -0.458 e. The molecule has 5 rings (SSSR count). The number of hydrogen-bond acceptors (Lipinski definition) is 8. The first-order chi connectivity index (χ1) is 16.3. The average Bonchev–Trinajstić information content (AvgIpc) is 3.20. The zero-order valence-corrected chi connectivity index (χ0v) is 18.0. The number of carbonyl (C=O) groups is 3. The summed E-state index contributed by atoms with van der Waals surface area (Å²) in [6.07, 6.45) is 1.41. The first kappa shape index (κ1) is 21.5. The van der Waals surface area contributed by atoms with Gasteiger partial charge in [0.2, 0.25) is 0 Å². The van der Waals surface area contributed by atoms with E-state index >= 15 is 0 Å². The Hall–Kier alpha value is -4.38. The Morgan fingerprint density at radius 1 is 1.32 bits per heavy atom. The van der Waals surface area contributed by atoms with Crippen molar-refractivity contribution < 1.29 is 24.2 Å². The highest BCUT2D eigenvalue weighted by atomic mass is 16.6. The van der Waals surface area contributed by atoms with E-state index in [1.807, 2.05) is 12.1 Å². The molecule has 0 saturated carbocycles. The molecule has 0 radical (unpaired) electrons. The van der Waals surface area contributed by atoms with E-state index in [1.54, 1.807) is 25.1 Å². The summed E-state index contributed by atoms with van der Waals surface area (Å²) in [4.78, 5) is 52.9. The molecule has 4 heterocycles. The van der Waals surface area contributed by atoms with Gasteiger partial charge in [0.15, 0.2) is 5.60 Å². The van der Waals surface area contributed by atoms with Gasteiger partial charge in [-0.2, -0.15) is 5.10 Å². The van der Waals surface area contributed by atoms with Gasteiger partial charge in [-0.3, -0.25) is 14.4 Å². The number of carbonyl (C=O) groups excluding carboxylic acids is 3. The van der Waals surface area contributed by atoms with Crippen molar-refractivity contribution >= 4 is 34.9 Å². The molecule has 11 nitrogen and oxygen atoms in total. The third-order valence-electron chi connectivity index (χ3n) is 6.22. The number of primary amides is 1. The molecule has 2 amide bonds. The summed E-state index contributed by atoms with van der Waals surface area (Å²) in [5.74, 6) is -3.04. The van der Waals surface area contributed by atoms with Crippen LogP contribution in [0, 0.1) is 0 Å². The van der Waals surface area contributed by atoms with Crippen LogP contribution in [0.25, 0.3) is 22.3 Å². The van der Waals surface area contributed by atoms with Gasteiger partial charge in [0.1, 0.15) is 6.61 Å². The minimum absolute atomic E-state index is 0.0389. The number of rotatable bonds is 3. The quantitative estimate of drug-likeness (QED) is 0.167. The number of nitrogens with zero attached hydrogens (tertiary/aromatic N) is 3. The van der Waals surface area contributed by atoms with Crippen LogP contribution in [0.15, 0.2) is 40.2 Å². The molecule has 0 saturated heterocycles. The SMILES string of the molecule is CC[C@@]1(O)C(=O)OCc2c1cc1n(c2=O)Cc2c-1nc1ccccc1c2/C=N/NC(=O)C(N)=O. The average molecular weight is 461 g/mol. The number of nitrogens with one attached hydrogen (secondary N) is 1. The lowest BCUT2D eigenvalue weighted by Gasteiger charge is -2.31. The smallest absolute Gasteiger partial charge is 0.343 e. The number of amides is 2. The van der Waals surface area contributed by atoms with Crippen molar-refractivity contribution in [3.05, 3.63) is 62.9 Å². The normalized spacial score (nSPS) is 18.4. The Kier molecular flexibility index (Phi) is 4.79. The van der Waals surface area contributed by atoms with E-state index in [0.717, 1.165) is 0 Å². The fourth-order valence-corrected chi connectivity index (χ4v) is 4.42. The Morgan fingerprint density at radius 3 is 2.82 bits per heavy atom. The molecule has 1 atom stereocenters. The van der Waals surface area contributed by atoms with Crippen LogP contribution in [0.3, 0.4) is 0 Å². The second-order valence-corrected chi connectivity index (χ2v) is 8.04. The molecule has 2 aliphatic heterocycles. The van der Waals surface area contributed by atoms with E-state index in [2.05, 4.69) is 10.5 Å². The molecular weight excluding hydrogens is 442 g/mol.